The van der Waals surface area contributed by atoms with E-state index >= 15 is 0 Å². The third kappa shape index (κ3) is 4.16. The second-order valence-corrected chi connectivity index (χ2v) is 6.31. The minimum absolute atomic E-state index is 0.108. The van der Waals surface area contributed by atoms with Gasteiger partial charge in [-0.15, -0.1) is 10.2 Å². The van der Waals surface area contributed by atoms with Crippen LogP contribution in [0.5, 0.6) is 0 Å². The fourth-order valence-electron chi connectivity index (χ4n) is 2.50. The smallest absolute Gasteiger partial charge is 0.282 e. The van der Waals surface area contributed by atoms with E-state index < -0.39 is 0 Å². The zero-order valence-corrected chi connectivity index (χ0v) is 12.4. The minimum Gasteiger partial charge on any atom is -0.363 e. The van der Waals surface area contributed by atoms with Gasteiger partial charge in [0.2, 0.25) is 10.1 Å². The molecule has 1 aliphatic rings. The second-order valence-electron chi connectivity index (χ2n) is 5.33. The average Bonchev–Trinajstić information content (AvgIpc) is 2.90. The molecule has 0 spiro atoms. The number of amides is 1. The fourth-order valence-corrected chi connectivity index (χ4v) is 3.11. The number of anilines is 1. The molecular formula is C13H22N4OS. The first-order valence-corrected chi connectivity index (χ1v) is 7.80. The number of carbonyl (C=O) groups excluding carboxylic acids is 1. The maximum atomic E-state index is 11.8. The molecule has 0 radical (unpaired) electrons. The lowest BCUT2D eigenvalue weighted by atomic mass is 9.81. The molecule has 0 aliphatic heterocycles. The van der Waals surface area contributed by atoms with E-state index in [0.717, 1.165) is 24.8 Å². The molecule has 5 nitrogen and oxygen atoms in total. The Labute approximate surface area is 118 Å². The lowest BCUT2D eigenvalue weighted by molar-refractivity contribution is 0.0948. The number of nitrogens with zero attached hydrogens (tertiary/aromatic N) is 2. The van der Waals surface area contributed by atoms with E-state index in [0.29, 0.717) is 10.1 Å². The molecule has 1 amide bonds. The van der Waals surface area contributed by atoms with Crippen LogP contribution in [0.2, 0.25) is 0 Å². The van der Waals surface area contributed by atoms with E-state index in [2.05, 4.69) is 27.8 Å². The number of hydrogen-bond donors (Lipinski definition) is 2. The maximum absolute atomic E-state index is 11.8. The van der Waals surface area contributed by atoms with E-state index in [-0.39, 0.29) is 5.91 Å². The van der Waals surface area contributed by atoms with Crippen molar-refractivity contribution in [3.63, 3.8) is 0 Å². The van der Waals surface area contributed by atoms with Crippen LogP contribution >= 0.6 is 11.3 Å². The van der Waals surface area contributed by atoms with Gasteiger partial charge in [-0.05, 0) is 18.3 Å². The standard InChI is InChI=1S/C13H22N4OS/c1-9-3-5-10(6-4-9)7-8-15-11(18)12-16-17-13(14-2)19-12/h9-10H,3-8H2,1-2H3,(H,14,17)(H,15,18). The average molecular weight is 282 g/mol. The van der Waals surface area contributed by atoms with Crippen LogP contribution in [0, 0.1) is 11.8 Å². The molecule has 0 bridgehead atoms. The molecule has 1 aromatic heterocycles. The summed E-state index contributed by atoms with van der Waals surface area (Å²) in [6.45, 7) is 3.07. The minimum atomic E-state index is -0.108. The Morgan fingerprint density at radius 1 is 1.32 bits per heavy atom. The van der Waals surface area contributed by atoms with Crippen LogP contribution in [-0.4, -0.2) is 29.7 Å². The van der Waals surface area contributed by atoms with Gasteiger partial charge in [-0.3, -0.25) is 4.79 Å². The van der Waals surface area contributed by atoms with E-state index in [4.69, 9.17) is 0 Å². The zero-order valence-electron chi connectivity index (χ0n) is 11.6. The van der Waals surface area contributed by atoms with Gasteiger partial charge in [0.1, 0.15) is 0 Å². The molecule has 0 unspecified atom stereocenters. The Balaban J connectivity index is 1.69. The topological polar surface area (TPSA) is 66.9 Å². The van der Waals surface area contributed by atoms with Crippen molar-refractivity contribution in [1.82, 2.24) is 15.5 Å². The van der Waals surface area contributed by atoms with Crippen molar-refractivity contribution >= 4 is 22.4 Å². The first-order valence-electron chi connectivity index (χ1n) is 6.98. The van der Waals surface area contributed by atoms with Crippen LogP contribution in [0.3, 0.4) is 0 Å². The molecule has 1 aliphatic carbocycles. The van der Waals surface area contributed by atoms with Gasteiger partial charge in [0.05, 0.1) is 0 Å². The van der Waals surface area contributed by atoms with Crippen molar-refractivity contribution in [2.45, 2.75) is 39.0 Å². The van der Waals surface area contributed by atoms with Gasteiger partial charge in [-0.25, -0.2) is 0 Å². The molecule has 1 aromatic rings. The summed E-state index contributed by atoms with van der Waals surface area (Å²) in [4.78, 5) is 11.8. The zero-order chi connectivity index (χ0) is 13.7. The Kier molecular flexibility index (Phi) is 5.13. The van der Waals surface area contributed by atoms with Gasteiger partial charge >= 0.3 is 0 Å². The summed E-state index contributed by atoms with van der Waals surface area (Å²) in [5.41, 5.74) is 0. The highest BCUT2D eigenvalue weighted by Crippen LogP contribution is 2.29. The van der Waals surface area contributed by atoms with Crippen molar-refractivity contribution in [3.8, 4) is 0 Å². The lowest BCUT2D eigenvalue weighted by Crippen LogP contribution is -2.26. The van der Waals surface area contributed by atoms with Gasteiger partial charge < -0.3 is 10.6 Å². The van der Waals surface area contributed by atoms with Gasteiger partial charge in [-0.1, -0.05) is 43.9 Å². The normalized spacial score (nSPS) is 23.1. The maximum Gasteiger partial charge on any atom is 0.282 e. The van der Waals surface area contributed by atoms with Gasteiger partial charge in [0.15, 0.2) is 0 Å². The first-order chi connectivity index (χ1) is 9.19. The molecule has 2 rings (SSSR count). The molecule has 0 aromatic carbocycles. The van der Waals surface area contributed by atoms with Gasteiger partial charge in [0.25, 0.3) is 5.91 Å². The number of rotatable bonds is 5. The van der Waals surface area contributed by atoms with Crippen molar-refractivity contribution in [3.05, 3.63) is 5.01 Å². The molecule has 19 heavy (non-hydrogen) atoms. The van der Waals surface area contributed by atoms with Crippen LogP contribution in [0.1, 0.15) is 48.8 Å². The van der Waals surface area contributed by atoms with Crippen molar-refractivity contribution < 1.29 is 4.79 Å². The summed E-state index contributed by atoms with van der Waals surface area (Å²) in [6, 6.07) is 0. The SMILES string of the molecule is CNc1nnc(C(=O)NCCC2CCC(C)CC2)s1. The molecule has 1 fully saturated rings. The molecule has 1 saturated carbocycles. The summed E-state index contributed by atoms with van der Waals surface area (Å²) in [6.07, 6.45) is 6.36. The Hall–Kier alpha value is -1.17. The third-order valence-corrected chi connectivity index (χ3v) is 4.75. The Morgan fingerprint density at radius 3 is 2.68 bits per heavy atom. The van der Waals surface area contributed by atoms with Crippen molar-refractivity contribution in [1.29, 1.82) is 0 Å². The highest BCUT2D eigenvalue weighted by Gasteiger charge is 2.18. The van der Waals surface area contributed by atoms with Crippen molar-refractivity contribution in [2.24, 2.45) is 11.8 Å². The molecule has 6 heteroatoms. The predicted molar refractivity (Wildman–Crippen MR) is 77.5 cm³/mol. The van der Waals surface area contributed by atoms with Crippen LogP contribution in [-0.2, 0) is 0 Å². The summed E-state index contributed by atoms with van der Waals surface area (Å²) in [7, 11) is 1.77. The molecule has 1 heterocycles. The van der Waals surface area contributed by atoms with E-state index in [1.165, 1.54) is 37.0 Å². The fraction of sp³-hybridized carbons (Fsp3) is 0.769. The largest absolute Gasteiger partial charge is 0.363 e. The third-order valence-electron chi connectivity index (χ3n) is 3.81. The highest BCUT2D eigenvalue weighted by molar-refractivity contribution is 7.17. The van der Waals surface area contributed by atoms with Crippen molar-refractivity contribution in [2.75, 3.05) is 18.9 Å². The summed E-state index contributed by atoms with van der Waals surface area (Å²) >= 11 is 1.28. The Bertz CT molecular complexity index is 413. The van der Waals surface area contributed by atoms with Crippen LogP contribution < -0.4 is 10.6 Å². The van der Waals surface area contributed by atoms with E-state index in [1.54, 1.807) is 7.05 Å². The molecular weight excluding hydrogens is 260 g/mol. The van der Waals surface area contributed by atoms with Crippen LogP contribution in [0.25, 0.3) is 0 Å². The number of aromatic nitrogens is 2. The quantitative estimate of drug-likeness (QED) is 0.871. The van der Waals surface area contributed by atoms with Crippen LogP contribution in [0.4, 0.5) is 5.13 Å². The molecule has 0 atom stereocenters. The number of hydrogen-bond acceptors (Lipinski definition) is 5. The van der Waals surface area contributed by atoms with Gasteiger partial charge in [-0.2, -0.15) is 0 Å². The number of carbonyl (C=O) groups is 1. The van der Waals surface area contributed by atoms with Gasteiger partial charge in [0, 0.05) is 13.6 Å². The lowest BCUT2D eigenvalue weighted by Gasteiger charge is -2.25. The highest BCUT2D eigenvalue weighted by atomic mass is 32.1. The Morgan fingerprint density at radius 2 is 2.05 bits per heavy atom. The first kappa shape index (κ1) is 14.2. The molecule has 106 valence electrons. The predicted octanol–water partition coefficient (Wildman–Crippen LogP) is 2.53. The van der Waals surface area contributed by atoms with Crippen LogP contribution in [0.15, 0.2) is 0 Å². The summed E-state index contributed by atoms with van der Waals surface area (Å²) in [5, 5.41) is 14.6. The number of nitrogens with one attached hydrogen (secondary N) is 2. The summed E-state index contributed by atoms with van der Waals surface area (Å²) < 4.78 is 0. The van der Waals surface area contributed by atoms with E-state index in [1.807, 2.05) is 0 Å². The summed E-state index contributed by atoms with van der Waals surface area (Å²) in [5.74, 6) is 1.55. The molecule has 2 N–H and O–H groups in total. The second kappa shape index (κ2) is 6.84. The molecule has 0 saturated heterocycles. The van der Waals surface area contributed by atoms with E-state index in [9.17, 15) is 4.79 Å². The monoisotopic (exact) mass is 282 g/mol.